The van der Waals surface area contributed by atoms with Crippen molar-refractivity contribution in [3.63, 3.8) is 0 Å². The van der Waals surface area contributed by atoms with Gasteiger partial charge in [-0.1, -0.05) is 13.5 Å². The number of aromatic amines is 1. The number of rotatable bonds is 6. The fourth-order valence-electron chi connectivity index (χ4n) is 3.49. The number of hydrogen-bond acceptors (Lipinski definition) is 7. The van der Waals surface area contributed by atoms with Gasteiger partial charge in [0.25, 0.3) is 0 Å². The minimum Gasteiger partial charge on any atom is -0.365 e. The van der Waals surface area contributed by atoms with Crippen LogP contribution in [0.1, 0.15) is 20.3 Å². The Kier molecular flexibility index (Phi) is 5.15. The van der Waals surface area contributed by atoms with E-state index in [1.807, 2.05) is 22.7 Å². The molecule has 1 fully saturated rings. The standard InChI is InChI=1S/C19H25N9O/c1-4-16(29)27-7-6-12(3)15(11-27)23-17-14-9-20-26-18(14)25-19(24-17)22-13-8-21-28(5-2)10-13/h4,8-10,12,15H,1,5-7,11H2,2-3H3,(H3,20,22,23,24,25,26)/t12-,15+/m1/s1. The number of carbonyl (C=O) groups excluding carboxylic acids is 1. The molecule has 10 heteroatoms. The van der Waals surface area contributed by atoms with Crippen LogP contribution in [-0.2, 0) is 11.3 Å². The number of carbonyl (C=O) groups is 1. The second-order valence-electron chi connectivity index (χ2n) is 7.24. The summed E-state index contributed by atoms with van der Waals surface area (Å²) < 4.78 is 1.82. The predicted molar refractivity (Wildman–Crippen MR) is 111 cm³/mol. The van der Waals surface area contributed by atoms with Gasteiger partial charge in [-0.25, -0.2) is 0 Å². The van der Waals surface area contributed by atoms with Crippen LogP contribution in [0.25, 0.3) is 11.0 Å². The summed E-state index contributed by atoms with van der Waals surface area (Å²) in [6.45, 7) is 9.93. The van der Waals surface area contributed by atoms with Crippen LogP contribution < -0.4 is 10.6 Å². The second-order valence-corrected chi connectivity index (χ2v) is 7.24. The zero-order valence-corrected chi connectivity index (χ0v) is 16.6. The Hall–Kier alpha value is -3.43. The maximum Gasteiger partial charge on any atom is 0.246 e. The number of anilines is 3. The number of aromatic nitrogens is 6. The third kappa shape index (κ3) is 3.91. The molecule has 1 aliphatic heterocycles. The topological polar surface area (TPSA) is 117 Å². The van der Waals surface area contributed by atoms with Crippen molar-refractivity contribution in [3.8, 4) is 0 Å². The zero-order valence-electron chi connectivity index (χ0n) is 16.6. The number of H-pyrrole nitrogens is 1. The van der Waals surface area contributed by atoms with Crippen LogP contribution in [0.2, 0.25) is 0 Å². The van der Waals surface area contributed by atoms with Gasteiger partial charge in [0.1, 0.15) is 5.82 Å². The minimum atomic E-state index is -0.0462. The summed E-state index contributed by atoms with van der Waals surface area (Å²) in [5.41, 5.74) is 1.45. The molecule has 0 aromatic carbocycles. The number of amides is 1. The molecule has 3 aromatic heterocycles. The van der Waals surface area contributed by atoms with Crippen molar-refractivity contribution in [2.75, 3.05) is 23.7 Å². The van der Waals surface area contributed by atoms with Crippen molar-refractivity contribution in [2.45, 2.75) is 32.9 Å². The van der Waals surface area contributed by atoms with E-state index >= 15 is 0 Å². The van der Waals surface area contributed by atoms with E-state index in [1.165, 1.54) is 6.08 Å². The van der Waals surface area contributed by atoms with Gasteiger partial charge in [0.2, 0.25) is 11.9 Å². The van der Waals surface area contributed by atoms with Crippen molar-refractivity contribution in [3.05, 3.63) is 31.2 Å². The van der Waals surface area contributed by atoms with E-state index in [0.717, 1.165) is 30.6 Å². The number of fused-ring (bicyclic) bond motifs is 1. The highest BCUT2D eigenvalue weighted by molar-refractivity contribution is 5.88. The molecule has 1 saturated heterocycles. The molecule has 0 aliphatic carbocycles. The van der Waals surface area contributed by atoms with Crippen LogP contribution in [0.4, 0.5) is 17.5 Å². The van der Waals surface area contributed by atoms with Gasteiger partial charge in [-0.05, 0) is 25.3 Å². The lowest BCUT2D eigenvalue weighted by atomic mass is 9.93. The summed E-state index contributed by atoms with van der Waals surface area (Å²) in [4.78, 5) is 23.0. The molecule has 29 heavy (non-hydrogen) atoms. The fraction of sp³-hybridized carbons (Fsp3) is 0.421. The third-order valence-corrected chi connectivity index (χ3v) is 5.29. The monoisotopic (exact) mass is 395 g/mol. The molecule has 4 heterocycles. The van der Waals surface area contributed by atoms with Crippen LogP contribution in [0.15, 0.2) is 31.2 Å². The number of nitrogens with zero attached hydrogens (tertiary/aromatic N) is 6. The van der Waals surface area contributed by atoms with Crippen LogP contribution in [0, 0.1) is 5.92 Å². The van der Waals surface area contributed by atoms with Gasteiger partial charge in [0, 0.05) is 31.9 Å². The van der Waals surface area contributed by atoms with E-state index in [2.05, 4.69) is 49.4 Å². The van der Waals surface area contributed by atoms with Gasteiger partial charge in [-0.15, -0.1) is 0 Å². The van der Waals surface area contributed by atoms with Crippen molar-refractivity contribution in [1.82, 2.24) is 34.8 Å². The molecular formula is C19H25N9O. The van der Waals surface area contributed by atoms with E-state index in [-0.39, 0.29) is 11.9 Å². The minimum absolute atomic E-state index is 0.0462. The van der Waals surface area contributed by atoms with Crippen LogP contribution in [0.5, 0.6) is 0 Å². The van der Waals surface area contributed by atoms with Gasteiger partial charge in [-0.2, -0.15) is 20.2 Å². The van der Waals surface area contributed by atoms with E-state index in [1.54, 1.807) is 12.4 Å². The number of likely N-dealkylation sites (tertiary alicyclic amines) is 1. The lowest BCUT2D eigenvalue weighted by molar-refractivity contribution is -0.127. The first kappa shape index (κ1) is 18.9. The largest absolute Gasteiger partial charge is 0.365 e. The Morgan fingerprint density at radius 3 is 3.03 bits per heavy atom. The van der Waals surface area contributed by atoms with E-state index in [0.29, 0.717) is 29.9 Å². The van der Waals surface area contributed by atoms with Crippen LogP contribution >= 0.6 is 0 Å². The van der Waals surface area contributed by atoms with Crippen molar-refractivity contribution < 1.29 is 4.79 Å². The van der Waals surface area contributed by atoms with Gasteiger partial charge in [0.05, 0.1) is 23.5 Å². The summed E-state index contributed by atoms with van der Waals surface area (Å²) in [5, 5.41) is 18.8. The van der Waals surface area contributed by atoms with E-state index < -0.39 is 0 Å². The highest BCUT2D eigenvalue weighted by Gasteiger charge is 2.29. The summed E-state index contributed by atoms with van der Waals surface area (Å²) >= 11 is 0. The fourth-order valence-corrected chi connectivity index (χ4v) is 3.49. The molecule has 0 saturated carbocycles. The van der Waals surface area contributed by atoms with E-state index in [9.17, 15) is 4.79 Å². The van der Waals surface area contributed by atoms with Crippen molar-refractivity contribution >= 4 is 34.4 Å². The molecule has 3 N–H and O–H groups in total. The normalized spacial score (nSPS) is 19.3. The number of hydrogen-bond donors (Lipinski definition) is 3. The van der Waals surface area contributed by atoms with Gasteiger partial charge >= 0.3 is 0 Å². The first-order valence-corrected chi connectivity index (χ1v) is 9.75. The number of piperidine rings is 1. The van der Waals surface area contributed by atoms with Crippen LogP contribution in [-0.4, -0.2) is 59.9 Å². The first-order valence-electron chi connectivity index (χ1n) is 9.75. The Morgan fingerprint density at radius 2 is 2.28 bits per heavy atom. The molecule has 0 bridgehead atoms. The Bertz CT molecular complexity index is 1020. The first-order chi connectivity index (χ1) is 14.1. The molecule has 4 rings (SSSR count). The predicted octanol–water partition coefficient (Wildman–Crippen LogP) is 2.15. The molecule has 0 unspecified atom stereocenters. The zero-order chi connectivity index (χ0) is 20.4. The van der Waals surface area contributed by atoms with Crippen molar-refractivity contribution in [1.29, 1.82) is 0 Å². The lowest BCUT2D eigenvalue weighted by Crippen LogP contribution is -2.48. The maximum absolute atomic E-state index is 12.0. The quantitative estimate of drug-likeness (QED) is 0.548. The molecule has 2 atom stereocenters. The van der Waals surface area contributed by atoms with Crippen molar-refractivity contribution in [2.24, 2.45) is 5.92 Å². The summed E-state index contributed by atoms with van der Waals surface area (Å²) in [6, 6.07) is 0.0661. The Balaban J connectivity index is 1.59. The third-order valence-electron chi connectivity index (χ3n) is 5.29. The number of nitrogens with one attached hydrogen (secondary N) is 3. The summed E-state index contributed by atoms with van der Waals surface area (Å²) in [7, 11) is 0. The molecular weight excluding hydrogens is 370 g/mol. The maximum atomic E-state index is 12.0. The van der Waals surface area contributed by atoms with Gasteiger partial charge in [-0.3, -0.25) is 14.6 Å². The summed E-state index contributed by atoms with van der Waals surface area (Å²) in [5.74, 6) is 1.47. The molecule has 0 radical (unpaired) electrons. The van der Waals surface area contributed by atoms with Gasteiger partial charge in [0.15, 0.2) is 5.65 Å². The number of aryl methyl sites for hydroxylation is 1. The highest BCUT2D eigenvalue weighted by Crippen LogP contribution is 2.26. The molecule has 1 amide bonds. The summed E-state index contributed by atoms with van der Waals surface area (Å²) in [6.07, 6.45) is 7.62. The Morgan fingerprint density at radius 1 is 1.41 bits per heavy atom. The SMILES string of the molecule is C=CC(=O)N1CC[C@@H](C)[C@@H](Nc2nc(Nc3cnn(CC)c3)nc3[nH]ncc23)C1. The molecule has 1 aliphatic rings. The highest BCUT2D eigenvalue weighted by atomic mass is 16.2. The van der Waals surface area contributed by atoms with E-state index in [4.69, 9.17) is 0 Å². The smallest absolute Gasteiger partial charge is 0.246 e. The average molecular weight is 395 g/mol. The second kappa shape index (κ2) is 7.90. The molecule has 0 spiro atoms. The average Bonchev–Trinajstić information content (AvgIpc) is 3.38. The molecule has 10 nitrogen and oxygen atoms in total. The Labute approximate surface area is 168 Å². The molecule has 152 valence electrons. The molecule has 3 aromatic rings. The van der Waals surface area contributed by atoms with Gasteiger partial charge < -0.3 is 15.5 Å². The lowest BCUT2D eigenvalue weighted by Gasteiger charge is -2.37. The van der Waals surface area contributed by atoms with Crippen LogP contribution in [0.3, 0.4) is 0 Å².